The molecule has 0 unspecified atom stereocenters. The topological polar surface area (TPSA) is 78.5 Å². The number of nitrogens with one attached hydrogen (secondary N) is 2. The van der Waals surface area contributed by atoms with Gasteiger partial charge in [0.1, 0.15) is 6.04 Å². The van der Waals surface area contributed by atoms with Crippen molar-refractivity contribution in [2.24, 2.45) is 5.41 Å². The Morgan fingerprint density at radius 2 is 1.73 bits per heavy atom. The summed E-state index contributed by atoms with van der Waals surface area (Å²) in [7, 11) is 0. The molecule has 1 atom stereocenters. The average Bonchev–Trinajstić information content (AvgIpc) is 3.07. The van der Waals surface area contributed by atoms with E-state index in [2.05, 4.69) is 10.6 Å². The molecule has 1 fully saturated rings. The maximum Gasteiger partial charge on any atom is 0.255 e. The number of nitrogens with zero attached hydrogens (tertiary/aromatic N) is 1. The van der Waals surface area contributed by atoms with Crippen LogP contribution in [-0.2, 0) is 9.59 Å². The molecular weight excluding hydrogens is 330 g/mol. The summed E-state index contributed by atoms with van der Waals surface area (Å²) in [6.45, 7) is 9.05. The quantitative estimate of drug-likeness (QED) is 0.848. The maximum atomic E-state index is 12.7. The van der Waals surface area contributed by atoms with Crippen LogP contribution >= 0.6 is 0 Å². The van der Waals surface area contributed by atoms with E-state index >= 15 is 0 Å². The molecule has 2 N–H and O–H groups in total. The van der Waals surface area contributed by atoms with Crippen LogP contribution in [0, 0.1) is 5.41 Å². The molecule has 26 heavy (non-hydrogen) atoms. The predicted molar refractivity (Wildman–Crippen MR) is 102 cm³/mol. The minimum atomic E-state index is -0.681. The monoisotopic (exact) mass is 359 g/mol. The second kappa shape index (κ2) is 8.34. The van der Waals surface area contributed by atoms with Crippen LogP contribution in [0.25, 0.3) is 0 Å². The summed E-state index contributed by atoms with van der Waals surface area (Å²) in [6, 6.07) is 6.32. The van der Waals surface area contributed by atoms with E-state index in [9.17, 15) is 14.4 Å². The van der Waals surface area contributed by atoms with Crippen molar-refractivity contribution in [2.45, 2.75) is 53.0 Å². The van der Waals surface area contributed by atoms with Crippen LogP contribution in [0.1, 0.15) is 57.3 Å². The van der Waals surface area contributed by atoms with Crippen molar-refractivity contribution in [1.82, 2.24) is 10.2 Å². The van der Waals surface area contributed by atoms with E-state index in [0.717, 1.165) is 25.9 Å². The number of anilines is 1. The molecule has 0 radical (unpaired) electrons. The number of carbonyl (C=O) groups is 3. The standard InChI is InChI=1S/C20H29N3O3/c1-14(21-17(24)13-20(2,3)4)18(25)22-16-10-6-5-9-15(16)19(26)23-11-7-8-12-23/h5-6,9-10,14H,7-8,11-13H2,1-4H3,(H,21,24)(H,22,25)/t14-/m0/s1. The van der Waals surface area contributed by atoms with Gasteiger partial charge in [0, 0.05) is 19.5 Å². The van der Waals surface area contributed by atoms with Gasteiger partial charge in [-0.1, -0.05) is 32.9 Å². The van der Waals surface area contributed by atoms with E-state index in [1.165, 1.54) is 0 Å². The third kappa shape index (κ3) is 5.58. The first-order valence-corrected chi connectivity index (χ1v) is 9.16. The number of hydrogen-bond acceptors (Lipinski definition) is 3. The first-order valence-electron chi connectivity index (χ1n) is 9.16. The molecule has 142 valence electrons. The second-order valence-electron chi connectivity index (χ2n) is 8.06. The fraction of sp³-hybridized carbons (Fsp3) is 0.550. The van der Waals surface area contributed by atoms with Gasteiger partial charge < -0.3 is 15.5 Å². The van der Waals surface area contributed by atoms with Crippen molar-refractivity contribution in [3.05, 3.63) is 29.8 Å². The van der Waals surface area contributed by atoms with Crippen LogP contribution < -0.4 is 10.6 Å². The Bertz CT molecular complexity index is 673. The lowest BCUT2D eigenvalue weighted by Gasteiger charge is -2.21. The van der Waals surface area contributed by atoms with Gasteiger partial charge in [-0.3, -0.25) is 14.4 Å². The largest absolute Gasteiger partial charge is 0.345 e. The Morgan fingerprint density at radius 3 is 2.35 bits per heavy atom. The van der Waals surface area contributed by atoms with Crippen molar-refractivity contribution >= 4 is 23.4 Å². The van der Waals surface area contributed by atoms with Gasteiger partial charge in [-0.2, -0.15) is 0 Å². The van der Waals surface area contributed by atoms with Crippen LogP contribution in [0.15, 0.2) is 24.3 Å². The fourth-order valence-electron chi connectivity index (χ4n) is 2.95. The first kappa shape index (κ1) is 19.9. The van der Waals surface area contributed by atoms with Crippen molar-refractivity contribution in [2.75, 3.05) is 18.4 Å². The molecule has 0 aliphatic carbocycles. The zero-order chi connectivity index (χ0) is 19.3. The van der Waals surface area contributed by atoms with Gasteiger partial charge >= 0.3 is 0 Å². The van der Waals surface area contributed by atoms with Crippen LogP contribution in [-0.4, -0.2) is 41.8 Å². The van der Waals surface area contributed by atoms with Gasteiger partial charge in [-0.15, -0.1) is 0 Å². The lowest BCUT2D eigenvalue weighted by Crippen LogP contribution is -2.43. The summed E-state index contributed by atoms with van der Waals surface area (Å²) in [5.74, 6) is -0.571. The molecular formula is C20H29N3O3. The first-order chi connectivity index (χ1) is 12.2. The summed E-state index contributed by atoms with van der Waals surface area (Å²) in [4.78, 5) is 38.9. The minimum Gasteiger partial charge on any atom is -0.345 e. The summed E-state index contributed by atoms with van der Waals surface area (Å²) < 4.78 is 0. The van der Waals surface area contributed by atoms with E-state index in [4.69, 9.17) is 0 Å². The Hall–Kier alpha value is -2.37. The molecule has 6 heteroatoms. The van der Waals surface area contributed by atoms with Crippen LogP contribution in [0.4, 0.5) is 5.69 Å². The highest BCUT2D eigenvalue weighted by molar-refractivity contribution is 6.05. The Labute approximate surface area is 155 Å². The third-order valence-electron chi connectivity index (χ3n) is 4.27. The number of benzene rings is 1. The Morgan fingerprint density at radius 1 is 1.12 bits per heavy atom. The number of rotatable bonds is 5. The number of carbonyl (C=O) groups excluding carboxylic acids is 3. The molecule has 0 bridgehead atoms. The van der Waals surface area contributed by atoms with E-state index in [-0.39, 0.29) is 23.1 Å². The van der Waals surface area contributed by atoms with Crippen molar-refractivity contribution in [1.29, 1.82) is 0 Å². The number of hydrogen-bond donors (Lipinski definition) is 2. The van der Waals surface area contributed by atoms with Crippen LogP contribution in [0.3, 0.4) is 0 Å². The lowest BCUT2D eigenvalue weighted by molar-refractivity contribution is -0.127. The van der Waals surface area contributed by atoms with Gasteiger partial charge in [0.25, 0.3) is 5.91 Å². The zero-order valence-electron chi connectivity index (χ0n) is 16.1. The van der Waals surface area contributed by atoms with Crippen molar-refractivity contribution < 1.29 is 14.4 Å². The van der Waals surface area contributed by atoms with E-state index in [1.54, 1.807) is 36.1 Å². The zero-order valence-corrected chi connectivity index (χ0v) is 16.1. The average molecular weight is 359 g/mol. The van der Waals surface area contributed by atoms with Crippen molar-refractivity contribution in [3.63, 3.8) is 0 Å². The normalized spacial score (nSPS) is 15.5. The highest BCUT2D eigenvalue weighted by Crippen LogP contribution is 2.21. The smallest absolute Gasteiger partial charge is 0.255 e. The molecule has 3 amide bonds. The maximum absolute atomic E-state index is 12.7. The molecule has 0 spiro atoms. The minimum absolute atomic E-state index is 0.0668. The summed E-state index contributed by atoms with van der Waals surface area (Å²) in [5.41, 5.74) is 0.817. The molecule has 1 heterocycles. The highest BCUT2D eigenvalue weighted by Gasteiger charge is 2.24. The molecule has 1 aliphatic heterocycles. The molecule has 1 saturated heterocycles. The van der Waals surface area contributed by atoms with Crippen LogP contribution in [0.2, 0.25) is 0 Å². The molecule has 6 nitrogen and oxygen atoms in total. The van der Waals surface area contributed by atoms with Gasteiger partial charge in [0.2, 0.25) is 11.8 Å². The molecule has 1 aliphatic rings. The number of amides is 3. The lowest BCUT2D eigenvalue weighted by atomic mass is 9.92. The van der Waals surface area contributed by atoms with Gasteiger partial charge in [-0.25, -0.2) is 0 Å². The number of para-hydroxylation sites is 1. The summed E-state index contributed by atoms with van der Waals surface area (Å²) >= 11 is 0. The third-order valence-corrected chi connectivity index (χ3v) is 4.27. The molecule has 1 aromatic rings. The van der Waals surface area contributed by atoms with Gasteiger partial charge in [0.15, 0.2) is 0 Å². The van der Waals surface area contributed by atoms with Crippen LogP contribution in [0.5, 0.6) is 0 Å². The summed E-state index contributed by atoms with van der Waals surface area (Å²) in [6.07, 6.45) is 2.36. The molecule has 0 aromatic heterocycles. The van der Waals surface area contributed by atoms with Gasteiger partial charge in [0.05, 0.1) is 11.3 Å². The number of likely N-dealkylation sites (tertiary alicyclic amines) is 1. The molecule has 0 saturated carbocycles. The van der Waals surface area contributed by atoms with E-state index in [0.29, 0.717) is 17.7 Å². The Kier molecular flexibility index (Phi) is 6.40. The van der Waals surface area contributed by atoms with E-state index < -0.39 is 6.04 Å². The Balaban J connectivity index is 2.02. The summed E-state index contributed by atoms with van der Waals surface area (Å²) in [5, 5.41) is 5.50. The SMILES string of the molecule is C[C@H](NC(=O)CC(C)(C)C)C(=O)Nc1ccccc1C(=O)N1CCCC1. The molecule has 2 rings (SSSR count). The molecule has 1 aromatic carbocycles. The highest BCUT2D eigenvalue weighted by atomic mass is 16.2. The van der Waals surface area contributed by atoms with E-state index in [1.807, 2.05) is 20.8 Å². The van der Waals surface area contributed by atoms with Gasteiger partial charge in [-0.05, 0) is 37.3 Å². The fourth-order valence-corrected chi connectivity index (χ4v) is 2.95. The second-order valence-corrected chi connectivity index (χ2v) is 8.06. The van der Waals surface area contributed by atoms with Crippen molar-refractivity contribution in [3.8, 4) is 0 Å². The predicted octanol–water partition coefficient (Wildman–Crippen LogP) is 2.80.